The van der Waals surface area contributed by atoms with Crippen LogP contribution in [0.4, 0.5) is 9.18 Å². The van der Waals surface area contributed by atoms with Crippen LogP contribution in [0.5, 0.6) is 5.75 Å². The lowest BCUT2D eigenvalue weighted by Gasteiger charge is -2.19. The summed E-state index contributed by atoms with van der Waals surface area (Å²) in [6.07, 6.45) is 0.591. The van der Waals surface area contributed by atoms with Crippen molar-refractivity contribution in [1.29, 1.82) is 0 Å². The van der Waals surface area contributed by atoms with Gasteiger partial charge in [-0.3, -0.25) is 18.7 Å². The van der Waals surface area contributed by atoms with Gasteiger partial charge in [0.05, 0.1) is 19.2 Å². The third-order valence-electron chi connectivity index (χ3n) is 4.19. The van der Waals surface area contributed by atoms with Crippen LogP contribution in [0.1, 0.15) is 36.7 Å². The number of amides is 1. The van der Waals surface area contributed by atoms with Crippen LogP contribution in [0.2, 0.25) is 0 Å². The van der Waals surface area contributed by atoms with Gasteiger partial charge in [0.15, 0.2) is 5.78 Å². The summed E-state index contributed by atoms with van der Waals surface area (Å²) in [5, 5.41) is 2.47. The predicted octanol–water partition coefficient (Wildman–Crippen LogP) is 1.87. The summed E-state index contributed by atoms with van der Waals surface area (Å²) < 4.78 is 25.8. The number of aryl methyl sites for hydroxylation is 1. The van der Waals surface area contributed by atoms with Crippen LogP contribution in [0.3, 0.4) is 0 Å². The zero-order valence-corrected chi connectivity index (χ0v) is 18.2. The molecule has 1 amide bonds. The van der Waals surface area contributed by atoms with Crippen molar-refractivity contribution < 1.29 is 23.5 Å². The number of alkyl carbamates (subject to hydrolysis) is 1. The van der Waals surface area contributed by atoms with Crippen LogP contribution in [-0.4, -0.2) is 40.3 Å². The number of carbonyl (C=O) groups excluding carboxylic acids is 2. The van der Waals surface area contributed by atoms with E-state index in [0.29, 0.717) is 0 Å². The van der Waals surface area contributed by atoms with E-state index in [1.807, 2.05) is 0 Å². The molecule has 2 rings (SSSR count). The molecule has 2 aromatic rings. The maximum atomic E-state index is 13.6. The number of benzene rings is 1. The van der Waals surface area contributed by atoms with E-state index in [0.717, 1.165) is 21.3 Å². The van der Waals surface area contributed by atoms with E-state index in [4.69, 9.17) is 9.47 Å². The number of nitrogens with one attached hydrogen (secondary N) is 1. The van der Waals surface area contributed by atoms with Gasteiger partial charge in [0.2, 0.25) is 0 Å². The Balaban J connectivity index is 2.23. The van der Waals surface area contributed by atoms with Crippen molar-refractivity contribution in [2.24, 2.45) is 0 Å². The highest BCUT2D eigenvalue weighted by molar-refractivity contribution is 5.98. The lowest BCUT2D eigenvalue weighted by molar-refractivity contribution is 0.0525. The topological polar surface area (TPSA) is 109 Å². The minimum atomic E-state index is -0.731. The Labute approximate surface area is 178 Å². The van der Waals surface area contributed by atoms with Gasteiger partial charge in [-0.25, -0.2) is 14.0 Å². The van der Waals surface area contributed by atoms with Crippen molar-refractivity contribution in [3.05, 3.63) is 62.2 Å². The van der Waals surface area contributed by atoms with Gasteiger partial charge in [-0.05, 0) is 45.9 Å². The van der Waals surface area contributed by atoms with Crippen LogP contribution >= 0.6 is 0 Å². The maximum Gasteiger partial charge on any atom is 0.407 e. The number of hydrogen-bond acceptors (Lipinski definition) is 6. The van der Waals surface area contributed by atoms with Crippen molar-refractivity contribution in [3.8, 4) is 5.75 Å². The molecule has 0 radical (unpaired) electrons. The van der Waals surface area contributed by atoms with E-state index >= 15 is 0 Å². The normalized spacial score (nSPS) is 11.2. The molecule has 9 nitrogen and oxygen atoms in total. The van der Waals surface area contributed by atoms with Gasteiger partial charge < -0.3 is 14.8 Å². The maximum absolute atomic E-state index is 13.6. The highest BCUT2D eigenvalue weighted by Crippen LogP contribution is 2.20. The molecule has 0 fully saturated rings. The molecule has 1 heterocycles. The third kappa shape index (κ3) is 6.27. The number of hydrogen-bond donors (Lipinski definition) is 1. The van der Waals surface area contributed by atoms with E-state index in [9.17, 15) is 23.6 Å². The summed E-state index contributed by atoms with van der Waals surface area (Å²) in [5.41, 5.74) is -1.74. The summed E-state index contributed by atoms with van der Waals surface area (Å²) in [4.78, 5) is 49.6. The molecule has 0 bridgehead atoms. The van der Waals surface area contributed by atoms with Crippen molar-refractivity contribution >= 4 is 11.9 Å². The number of methoxy groups -OCH3 is 1. The molecule has 0 unspecified atom stereocenters. The average molecular weight is 435 g/mol. The molecule has 1 aromatic heterocycles. The SMILES string of the molecule is COc1ccc(F)cc1C(=O)Cn1cc(C)c(=O)n(CCNC(=O)OC(C)(C)C)c1=O. The number of ether oxygens (including phenoxy) is 2. The molecule has 1 aromatic carbocycles. The van der Waals surface area contributed by atoms with Crippen molar-refractivity contribution in [3.63, 3.8) is 0 Å². The summed E-state index contributed by atoms with van der Waals surface area (Å²) in [7, 11) is 1.35. The average Bonchev–Trinajstić information content (AvgIpc) is 2.67. The van der Waals surface area contributed by atoms with Gasteiger partial charge in [0.25, 0.3) is 5.56 Å². The summed E-state index contributed by atoms with van der Waals surface area (Å²) in [6, 6.07) is 3.50. The number of halogens is 1. The molecular formula is C21H26FN3O6. The minimum absolute atomic E-state index is 0.0172. The van der Waals surface area contributed by atoms with E-state index in [1.54, 1.807) is 20.8 Å². The fourth-order valence-electron chi connectivity index (χ4n) is 2.83. The number of carbonyl (C=O) groups is 2. The number of nitrogens with zero attached hydrogens (tertiary/aromatic N) is 2. The van der Waals surface area contributed by atoms with Crippen LogP contribution in [0, 0.1) is 12.7 Å². The van der Waals surface area contributed by atoms with Crippen molar-refractivity contribution in [2.75, 3.05) is 13.7 Å². The molecule has 10 heteroatoms. The fourth-order valence-corrected chi connectivity index (χ4v) is 2.83. The second kappa shape index (κ2) is 9.59. The molecule has 168 valence electrons. The molecule has 0 spiro atoms. The monoisotopic (exact) mass is 435 g/mol. The first-order valence-electron chi connectivity index (χ1n) is 9.57. The molecule has 0 saturated carbocycles. The van der Waals surface area contributed by atoms with Gasteiger partial charge >= 0.3 is 11.8 Å². The van der Waals surface area contributed by atoms with E-state index < -0.39 is 41.1 Å². The minimum Gasteiger partial charge on any atom is -0.496 e. The van der Waals surface area contributed by atoms with Gasteiger partial charge in [0.1, 0.15) is 17.2 Å². The van der Waals surface area contributed by atoms with Crippen LogP contribution in [0.15, 0.2) is 34.0 Å². The largest absolute Gasteiger partial charge is 0.496 e. The Bertz CT molecular complexity index is 1100. The van der Waals surface area contributed by atoms with E-state index in [2.05, 4.69) is 5.32 Å². The Morgan fingerprint density at radius 3 is 2.48 bits per heavy atom. The second-order valence-electron chi connectivity index (χ2n) is 7.88. The first-order chi connectivity index (χ1) is 14.4. The second-order valence-corrected chi connectivity index (χ2v) is 7.88. The van der Waals surface area contributed by atoms with E-state index in [-0.39, 0.29) is 30.0 Å². The zero-order chi connectivity index (χ0) is 23.3. The molecule has 0 aliphatic heterocycles. The number of ketones is 1. The molecule has 31 heavy (non-hydrogen) atoms. The van der Waals surface area contributed by atoms with Gasteiger partial charge in [-0.1, -0.05) is 0 Å². The fraction of sp³-hybridized carbons (Fsp3) is 0.429. The first kappa shape index (κ1) is 23.8. The smallest absolute Gasteiger partial charge is 0.407 e. The molecule has 1 N–H and O–H groups in total. The van der Waals surface area contributed by atoms with Gasteiger partial charge in [-0.2, -0.15) is 0 Å². The Morgan fingerprint density at radius 2 is 1.87 bits per heavy atom. The lowest BCUT2D eigenvalue weighted by atomic mass is 10.1. The highest BCUT2D eigenvalue weighted by Gasteiger charge is 2.18. The number of Topliss-reactive ketones (excluding diaryl/α,β-unsaturated/α-hetero) is 1. The Morgan fingerprint density at radius 1 is 1.19 bits per heavy atom. The van der Waals surface area contributed by atoms with Crippen LogP contribution in [0.25, 0.3) is 0 Å². The summed E-state index contributed by atoms with van der Waals surface area (Å²) >= 11 is 0. The quantitative estimate of drug-likeness (QED) is 0.665. The molecular weight excluding hydrogens is 409 g/mol. The molecule has 0 aliphatic carbocycles. The summed E-state index contributed by atoms with van der Waals surface area (Å²) in [6.45, 7) is 6.07. The van der Waals surface area contributed by atoms with E-state index in [1.165, 1.54) is 26.3 Å². The van der Waals surface area contributed by atoms with Crippen molar-refractivity contribution in [2.45, 2.75) is 46.4 Å². The summed E-state index contributed by atoms with van der Waals surface area (Å²) in [5.74, 6) is -1.01. The Kier molecular flexibility index (Phi) is 7.37. The third-order valence-corrected chi connectivity index (χ3v) is 4.19. The van der Waals surface area contributed by atoms with Gasteiger partial charge in [0, 0.05) is 24.8 Å². The molecule has 0 aliphatic rings. The van der Waals surface area contributed by atoms with Crippen LogP contribution in [-0.2, 0) is 17.8 Å². The number of aromatic nitrogens is 2. The zero-order valence-electron chi connectivity index (χ0n) is 18.2. The number of rotatable bonds is 7. The highest BCUT2D eigenvalue weighted by atomic mass is 19.1. The van der Waals surface area contributed by atoms with Crippen LogP contribution < -0.4 is 21.3 Å². The van der Waals surface area contributed by atoms with Gasteiger partial charge in [-0.15, -0.1) is 0 Å². The lowest BCUT2D eigenvalue weighted by Crippen LogP contribution is -2.44. The molecule has 0 atom stereocenters. The van der Waals surface area contributed by atoms with Crippen molar-refractivity contribution in [1.82, 2.24) is 14.5 Å². The molecule has 0 saturated heterocycles. The Hall–Kier alpha value is -3.43. The predicted molar refractivity (Wildman–Crippen MR) is 111 cm³/mol. The first-order valence-corrected chi connectivity index (χ1v) is 9.57. The standard InChI is InChI=1S/C21H26FN3O6/c1-13-11-24(12-16(26)15-10-14(22)6-7-17(15)30-5)20(29)25(18(13)27)9-8-23-19(28)31-21(2,3)4/h6-7,10-11H,8-9,12H2,1-5H3,(H,23,28).